The van der Waals surface area contributed by atoms with Crippen molar-refractivity contribution in [2.24, 2.45) is 0 Å². The van der Waals surface area contributed by atoms with Crippen LogP contribution in [0.5, 0.6) is 0 Å². The summed E-state index contributed by atoms with van der Waals surface area (Å²) in [4.78, 5) is 17.2. The second kappa shape index (κ2) is 4.33. The van der Waals surface area contributed by atoms with Gasteiger partial charge < -0.3 is 5.32 Å². The number of hydrogen-bond donors (Lipinski definition) is 2. The molecule has 0 spiro atoms. The van der Waals surface area contributed by atoms with Crippen LogP contribution in [0.3, 0.4) is 0 Å². The third kappa shape index (κ3) is 2.71. The second-order valence-corrected chi connectivity index (χ2v) is 4.39. The van der Waals surface area contributed by atoms with Crippen LogP contribution in [0.15, 0.2) is 35.1 Å². The van der Waals surface area contributed by atoms with Crippen LogP contribution in [-0.4, -0.2) is 9.97 Å². The molecule has 1 heterocycles. The van der Waals surface area contributed by atoms with Crippen LogP contribution in [-0.2, 0) is 0 Å². The van der Waals surface area contributed by atoms with Gasteiger partial charge in [0, 0.05) is 5.69 Å². The van der Waals surface area contributed by atoms with Crippen molar-refractivity contribution in [1.29, 1.82) is 0 Å². The molecule has 0 bridgehead atoms. The van der Waals surface area contributed by atoms with E-state index in [0.29, 0.717) is 9.09 Å². The van der Waals surface area contributed by atoms with Gasteiger partial charge in [0.05, 0.1) is 0 Å². The van der Waals surface area contributed by atoms with Gasteiger partial charge in [0.1, 0.15) is 0 Å². The van der Waals surface area contributed by atoms with Gasteiger partial charge in [-0.1, -0.05) is 29.5 Å². The van der Waals surface area contributed by atoms with Gasteiger partial charge in [0.25, 0.3) is 0 Å². The summed E-state index contributed by atoms with van der Waals surface area (Å²) < 4.78 is 0.411. The maximum Gasteiger partial charge on any atom is 0.349 e. The van der Waals surface area contributed by atoms with Crippen LogP contribution in [0.1, 0.15) is 0 Å². The largest absolute Gasteiger partial charge is 0.349 e. The molecular weight excluding hydrogens is 230 g/mol. The highest BCUT2D eigenvalue weighted by atomic mass is 32.1. The van der Waals surface area contributed by atoms with Gasteiger partial charge in [-0.25, -0.2) is 4.79 Å². The lowest BCUT2D eigenvalue weighted by Crippen LogP contribution is -2.10. The Kier molecular flexibility index (Phi) is 2.89. The zero-order chi connectivity index (χ0) is 10.7. The third-order valence-corrected chi connectivity index (χ3v) is 2.65. The molecule has 0 fully saturated rings. The van der Waals surface area contributed by atoms with E-state index in [4.69, 9.17) is 12.2 Å². The quantitative estimate of drug-likeness (QED) is 0.787. The molecule has 15 heavy (non-hydrogen) atoms. The summed E-state index contributed by atoms with van der Waals surface area (Å²) in [5.41, 5.74) is 0.443. The Morgan fingerprint density at radius 3 is 2.73 bits per heavy atom. The Labute approximate surface area is 94.6 Å². The molecule has 0 atom stereocenters. The van der Waals surface area contributed by atoms with Crippen LogP contribution in [0.4, 0.5) is 10.8 Å². The smallest absolute Gasteiger partial charge is 0.331 e. The highest BCUT2D eigenvalue weighted by Gasteiger charge is 1.97. The molecule has 2 rings (SSSR count). The number of para-hydroxylation sites is 1. The second-order valence-electron chi connectivity index (χ2n) is 2.73. The lowest BCUT2D eigenvalue weighted by molar-refractivity contribution is 1.11. The first-order chi connectivity index (χ1) is 7.24. The minimum absolute atomic E-state index is 0.411. The number of H-pyrrole nitrogens is 1. The van der Waals surface area contributed by atoms with Gasteiger partial charge >= 0.3 is 5.69 Å². The fraction of sp³-hybridized carbons (Fsp3) is 0. The number of anilines is 2. The van der Waals surface area contributed by atoms with E-state index >= 15 is 0 Å². The molecule has 0 aliphatic heterocycles. The molecule has 76 valence electrons. The maximum absolute atomic E-state index is 11.0. The lowest BCUT2D eigenvalue weighted by atomic mass is 10.3. The SMILES string of the molecule is O=c1nc(Nc2ccccc2)sc(=S)[nH]1. The van der Waals surface area contributed by atoms with Crippen molar-refractivity contribution in [3.05, 3.63) is 44.8 Å². The van der Waals surface area contributed by atoms with Gasteiger partial charge in [0.2, 0.25) is 0 Å². The van der Waals surface area contributed by atoms with Crippen molar-refractivity contribution in [3.8, 4) is 0 Å². The fourth-order valence-electron chi connectivity index (χ4n) is 1.04. The molecule has 6 heteroatoms. The molecule has 0 unspecified atom stereocenters. The van der Waals surface area contributed by atoms with Crippen molar-refractivity contribution in [3.63, 3.8) is 0 Å². The number of nitrogens with zero attached hydrogens (tertiary/aromatic N) is 1. The van der Waals surface area contributed by atoms with E-state index in [0.717, 1.165) is 5.69 Å². The highest BCUT2D eigenvalue weighted by Crippen LogP contribution is 2.15. The zero-order valence-electron chi connectivity index (χ0n) is 7.56. The van der Waals surface area contributed by atoms with Crippen molar-refractivity contribution in [1.82, 2.24) is 9.97 Å². The van der Waals surface area contributed by atoms with E-state index in [1.807, 2.05) is 30.3 Å². The van der Waals surface area contributed by atoms with Crippen molar-refractivity contribution in [2.75, 3.05) is 5.32 Å². The molecule has 0 aliphatic rings. The summed E-state index contributed by atoms with van der Waals surface area (Å²) in [6.07, 6.45) is 0. The van der Waals surface area contributed by atoms with Crippen molar-refractivity contribution in [2.45, 2.75) is 0 Å². The molecule has 2 N–H and O–H groups in total. The zero-order valence-corrected chi connectivity index (χ0v) is 9.19. The van der Waals surface area contributed by atoms with E-state index in [1.54, 1.807) is 0 Å². The Morgan fingerprint density at radius 2 is 2.07 bits per heavy atom. The maximum atomic E-state index is 11.0. The first-order valence-corrected chi connectivity index (χ1v) is 5.40. The molecular formula is C9H7N3OS2. The average Bonchev–Trinajstić information content (AvgIpc) is 2.17. The minimum atomic E-state index is -0.433. The molecule has 0 aliphatic carbocycles. The van der Waals surface area contributed by atoms with E-state index in [-0.39, 0.29) is 0 Å². The third-order valence-electron chi connectivity index (χ3n) is 1.63. The number of benzene rings is 1. The topological polar surface area (TPSA) is 57.8 Å². The summed E-state index contributed by atoms with van der Waals surface area (Å²) in [5, 5.41) is 3.50. The van der Waals surface area contributed by atoms with E-state index in [1.165, 1.54) is 11.3 Å². The lowest BCUT2D eigenvalue weighted by Gasteiger charge is -2.02. The summed E-state index contributed by atoms with van der Waals surface area (Å²) >= 11 is 6.11. The Bertz CT molecular complexity index is 533. The Hall–Kier alpha value is -1.53. The molecule has 0 radical (unpaired) electrons. The highest BCUT2D eigenvalue weighted by molar-refractivity contribution is 7.73. The molecule has 0 amide bonds. The van der Waals surface area contributed by atoms with Crippen molar-refractivity contribution < 1.29 is 0 Å². The molecule has 1 aromatic carbocycles. The van der Waals surface area contributed by atoms with Gasteiger partial charge in [-0.3, -0.25) is 4.98 Å². The minimum Gasteiger partial charge on any atom is -0.331 e. The first-order valence-electron chi connectivity index (χ1n) is 4.17. The molecule has 0 saturated carbocycles. The number of aromatic amines is 1. The molecule has 4 nitrogen and oxygen atoms in total. The fourth-order valence-corrected chi connectivity index (χ4v) is 1.98. The summed E-state index contributed by atoms with van der Waals surface area (Å²) in [6, 6.07) is 9.49. The number of nitrogens with one attached hydrogen (secondary N) is 2. The number of hydrogen-bond acceptors (Lipinski definition) is 5. The van der Waals surface area contributed by atoms with Crippen LogP contribution < -0.4 is 11.0 Å². The monoisotopic (exact) mass is 237 g/mol. The number of rotatable bonds is 2. The first kappa shape index (κ1) is 10.0. The van der Waals surface area contributed by atoms with Crippen molar-refractivity contribution >= 4 is 34.4 Å². The van der Waals surface area contributed by atoms with Gasteiger partial charge in [-0.15, -0.1) is 0 Å². The molecule has 1 aromatic heterocycles. The predicted molar refractivity (Wildman–Crippen MR) is 63.3 cm³/mol. The Balaban J connectivity index is 2.33. The summed E-state index contributed by atoms with van der Waals surface area (Å²) in [7, 11) is 0. The van der Waals surface area contributed by atoms with Crippen LogP contribution in [0.25, 0.3) is 0 Å². The van der Waals surface area contributed by atoms with Crippen LogP contribution >= 0.6 is 23.6 Å². The number of aromatic nitrogens is 2. The van der Waals surface area contributed by atoms with Gasteiger partial charge in [-0.2, -0.15) is 4.98 Å². The summed E-state index contributed by atoms with van der Waals surface area (Å²) in [6.45, 7) is 0. The van der Waals surface area contributed by atoms with Gasteiger partial charge in [0.15, 0.2) is 9.09 Å². The average molecular weight is 237 g/mol. The summed E-state index contributed by atoms with van der Waals surface area (Å²) in [5.74, 6) is 0. The van der Waals surface area contributed by atoms with Crippen LogP contribution in [0, 0.1) is 3.95 Å². The van der Waals surface area contributed by atoms with E-state index in [2.05, 4.69) is 15.3 Å². The predicted octanol–water partition coefficient (Wildman–Crippen LogP) is 2.30. The van der Waals surface area contributed by atoms with E-state index < -0.39 is 5.69 Å². The normalized spacial score (nSPS) is 9.87. The molecule has 0 saturated heterocycles. The Morgan fingerprint density at radius 1 is 1.33 bits per heavy atom. The van der Waals surface area contributed by atoms with Gasteiger partial charge in [-0.05, 0) is 24.4 Å². The van der Waals surface area contributed by atoms with Crippen LogP contribution in [0.2, 0.25) is 0 Å². The molecule has 2 aromatic rings. The standard InChI is InChI=1S/C9H7N3OS2/c13-7-11-8(15-9(14)12-7)10-6-4-2-1-3-5-6/h1-5H,(H2,10,11,12,13,14). The van der Waals surface area contributed by atoms with E-state index in [9.17, 15) is 4.79 Å².